The second kappa shape index (κ2) is 2.27. The van der Waals surface area contributed by atoms with Crippen molar-refractivity contribution in [2.24, 2.45) is 0 Å². The molecule has 48 valence electrons. The Morgan fingerprint density at radius 3 is 2.12 bits per heavy atom. The first kappa shape index (κ1) is 7.63. The fraction of sp³-hybridized carbons (Fsp3) is 0.667. The average molecular weight is 114 g/mol. The van der Waals surface area contributed by atoms with Gasteiger partial charge in [0.2, 0.25) is 0 Å². The number of ketones is 1. The number of carbonyl (C=O) groups is 1. The minimum Gasteiger partial charge on any atom is -0.337 e. The number of rotatable bonds is 2. The summed E-state index contributed by atoms with van der Waals surface area (Å²) in [6.07, 6.45) is 0. The number of Topliss-reactive ketones (excluding diaryl/α,β-unsaturated/α-hetero) is 1. The molecule has 2 nitrogen and oxygen atoms in total. The summed E-state index contributed by atoms with van der Waals surface area (Å²) in [6, 6.07) is 0. The smallest absolute Gasteiger partial charge is 0.119 e. The minimum absolute atomic E-state index is 0.0556. The fourth-order valence-electron chi connectivity index (χ4n) is 0.176. The summed E-state index contributed by atoms with van der Waals surface area (Å²) in [5.41, 5.74) is -0.597. The molecule has 1 atom stereocenters. The van der Waals surface area contributed by atoms with Crippen molar-refractivity contribution in [2.75, 3.05) is 7.05 Å². The van der Waals surface area contributed by atoms with Crippen LogP contribution in [0.2, 0.25) is 0 Å². The summed E-state index contributed by atoms with van der Waals surface area (Å²) in [7, 11) is 1.72. The van der Waals surface area contributed by atoms with Crippen molar-refractivity contribution < 1.29 is 4.79 Å². The summed E-state index contributed by atoms with van der Waals surface area (Å²) >= 11 is 0. The Hall–Kier alpha value is -0.370. The molecule has 0 rings (SSSR count). The quantitative estimate of drug-likeness (QED) is 0.526. The van der Waals surface area contributed by atoms with Crippen LogP contribution in [0.25, 0.3) is 0 Å². The third-order valence-corrected chi connectivity index (χ3v) is 1.33. The molecule has 0 aliphatic heterocycles. The standard InChI is InChI=1S/C6H12NO/c1-5(8)6(2,3)7-4/h7H,2H2,1,3-4H3/q-1. The Labute approximate surface area is 50.3 Å². The van der Waals surface area contributed by atoms with Gasteiger partial charge in [0.1, 0.15) is 5.78 Å². The first-order valence-electron chi connectivity index (χ1n) is 2.56. The fourth-order valence-corrected chi connectivity index (χ4v) is 0.176. The monoisotopic (exact) mass is 114 g/mol. The Balaban J connectivity index is 3.91. The number of carbonyl (C=O) groups excluding carboxylic acids is 1. The molecular weight excluding hydrogens is 102 g/mol. The highest BCUT2D eigenvalue weighted by Gasteiger charge is 2.10. The van der Waals surface area contributed by atoms with E-state index in [9.17, 15) is 4.79 Å². The van der Waals surface area contributed by atoms with Gasteiger partial charge in [-0.1, -0.05) is 12.5 Å². The van der Waals surface area contributed by atoms with Gasteiger partial charge in [-0.15, -0.1) is 0 Å². The van der Waals surface area contributed by atoms with Gasteiger partial charge in [0.05, 0.1) is 0 Å². The van der Waals surface area contributed by atoms with E-state index in [2.05, 4.69) is 12.2 Å². The van der Waals surface area contributed by atoms with Crippen LogP contribution in [-0.4, -0.2) is 18.4 Å². The van der Waals surface area contributed by atoms with E-state index in [4.69, 9.17) is 0 Å². The van der Waals surface area contributed by atoms with Gasteiger partial charge in [-0.05, 0) is 14.0 Å². The average Bonchev–Trinajstić information content (AvgIpc) is 1.67. The lowest BCUT2D eigenvalue weighted by Crippen LogP contribution is -2.43. The highest BCUT2D eigenvalue weighted by molar-refractivity contribution is 5.86. The Morgan fingerprint density at radius 2 is 2.12 bits per heavy atom. The molecule has 0 saturated heterocycles. The van der Waals surface area contributed by atoms with Crippen molar-refractivity contribution in [3.63, 3.8) is 0 Å². The summed E-state index contributed by atoms with van der Waals surface area (Å²) in [6.45, 7) is 6.89. The zero-order valence-electron chi connectivity index (χ0n) is 5.62. The molecule has 0 aromatic rings. The maximum absolute atomic E-state index is 10.6. The van der Waals surface area contributed by atoms with Gasteiger partial charge in [0.25, 0.3) is 0 Å². The van der Waals surface area contributed by atoms with E-state index >= 15 is 0 Å². The van der Waals surface area contributed by atoms with Crippen LogP contribution in [0.4, 0.5) is 0 Å². The molecule has 0 heterocycles. The van der Waals surface area contributed by atoms with Crippen molar-refractivity contribution in [1.29, 1.82) is 0 Å². The van der Waals surface area contributed by atoms with Gasteiger partial charge in [-0.3, -0.25) is 0 Å². The van der Waals surface area contributed by atoms with Crippen LogP contribution in [-0.2, 0) is 4.79 Å². The van der Waals surface area contributed by atoms with Crippen LogP contribution in [0.1, 0.15) is 13.8 Å². The Morgan fingerprint density at radius 1 is 1.75 bits per heavy atom. The zero-order valence-corrected chi connectivity index (χ0v) is 5.62. The number of hydrogen-bond donors (Lipinski definition) is 1. The van der Waals surface area contributed by atoms with Crippen LogP contribution in [0.15, 0.2) is 0 Å². The van der Waals surface area contributed by atoms with Crippen LogP contribution in [0.5, 0.6) is 0 Å². The van der Waals surface area contributed by atoms with Crippen LogP contribution in [0, 0.1) is 6.92 Å². The first-order chi connectivity index (χ1) is 3.50. The maximum Gasteiger partial charge on any atom is 0.119 e. The topological polar surface area (TPSA) is 29.1 Å². The lowest BCUT2D eigenvalue weighted by molar-refractivity contribution is -0.120. The van der Waals surface area contributed by atoms with Crippen molar-refractivity contribution >= 4 is 5.78 Å². The lowest BCUT2D eigenvalue weighted by atomic mass is 10.0. The van der Waals surface area contributed by atoms with Gasteiger partial charge < -0.3 is 17.0 Å². The third kappa shape index (κ3) is 1.62. The van der Waals surface area contributed by atoms with Crippen molar-refractivity contribution in [3.8, 4) is 0 Å². The van der Waals surface area contributed by atoms with E-state index in [0.29, 0.717) is 0 Å². The van der Waals surface area contributed by atoms with E-state index in [0.717, 1.165) is 0 Å². The normalized spacial score (nSPS) is 17.5. The molecule has 0 spiro atoms. The molecule has 1 N–H and O–H groups in total. The molecule has 0 radical (unpaired) electrons. The summed E-state index contributed by atoms with van der Waals surface area (Å²) < 4.78 is 0. The molecule has 0 aromatic carbocycles. The van der Waals surface area contributed by atoms with Crippen molar-refractivity contribution in [2.45, 2.75) is 19.4 Å². The third-order valence-electron chi connectivity index (χ3n) is 1.33. The van der Waals surface area contributed by atoms with Gasteiger partial charge >= 0.3 is 0 Å². The van der Waals surface area contributed by atoms with Gasteiger partial charge in [0.15, 0.2) is 0 Å². The van der Waals surface area contributed by atoms with Crippen molar-refractivity contribution in [1.82, 2.24) is 5.32 Å². The molecule has 2 heteroatoms. The predicted molar refractivity (Wildman–Crippen MR) is 33.5 cm³/mol. The maximum atomic E-state index is 10.6. The summed E-state index contributed by atoms with van der Waals surface area (Å²) in [5.74, 6) is 0.0556. The molecule has 0 saturated carbocycles. The Kier molecular flexibility index (Phi) is 2.16. The molecular formula is C6H12NO-. The molecule has 0 aliphatic carbocycles. The van der Waals surface area contributed by atoms with Gasteiger partial charge in [0, 0.05) is 0 Å². The van der Waals surface area contributed by atoms with E-state index < -0.39 is 5.54 Å². The molecule has 0 aromatic heterocycles. The van der Waals surface area contributed by atoms with E-state index in [1.54, 1.807) is 14.0 Å². The highest BCUT2D eigenvalue weighted by atomic mass is 16.1. The second-order valence-corrected chi connectivity index (χ2v) is 2.14. The molecule has 0 fully saturated rings. The van der Waals surface area contributed by atoms with E-state index in [-0.39, 0.29) is 5.78 Å². The molecule has 0 bridgehead atoms. The van der Waals surface area contributed by atoms with Gasteiger partial charge in [-0.25, -0.2) is 0 Å². The largest absolute Gasteiger partial charge is 0.337 e. The highest BCUT2D eigenvalue weighted by Crippen LogP contribution is 1.99. The zero-order chi connectivity index (χ0) is 6.78. The predicted octanol–water partition coefficient (Wildman–Crippen LogP) is 0.388. The van der Waals surface area contributed by atoms with Crippen LogP contribution >= 0.6 is 0 Å². The minimum atomic E-state index is -0.597. The SMILES string of the molecule is [CH2-]C(C)(NC)C(C)=O. The molecule has 0 aliphatic rings. The molecule has 0 amide bonds. The number of nitrogens with one attached hydrogen (secondary N) is 1. The van der Waals surface area contributed by atoms with Crippen LogP contribution in [0.3, 0.4) is 0 Å². The second-order valence-electron chi connectivity index (χ2n) is 2.14. The number of likely N-dealkylation sites (N-methyl/N-ethyl adjacent to an activating group) is 1. The van der Waals surface area contributed by atoms with E-state index in [1.165, 1.54) is 6.92 Å². The molecule has 1 unspecified atom stereocenters. The molecule has 8 heavy (non-hydrogen) atoms. The summed E-state index contributed by atoms with van der Waals surface area (Å²) in [5, 5.41) is 2.78. The number of hydrogen-bond acceptors (Lipinski definition) is 2. The summed E-state index contributed by atoms with van der Waals surface area (Å²) in [4.78, 5) is 10.6. The lowest BCUT2D eigenvalue weighted by Gasteiger charge is -2.27. The Bertz CT molecular complexity index is 96.7. The van der Waals surface area contributed by atoms with Crippen molar-refractivity contribution in [3.05, 3.63) is 6.92 Å². The van der Waals surface area contributed by atoms with Crippen LogP contribution < -0.4 is 5.32 Å². The van der Waals surface area contributed by atoms with E-state index in [1.807, 2.05) is 0 Å². The van der Waals surface area contributed by atoms with Gasteiger partial charge in [-0.2, -0.15) is 0 Å². The first-order valence-corrected chi connectivity index (χ1v) is 2.56.